The van der Waals surface area contributed by atoms with Crippen molar-refractivity contribution < 1.29 is 46.3 Å². The summed E-state index contributed by atoms with van der Waals surface area (Å²) in [5.41, 5.74) is 0. The maximum atomic E-state index is 11.9. The third kappa shape index (κ3) is 36.9. The van der Waals surface area contributed by atoms with Crippen LogP contribution in [-0.2, 0) is 18.8 Å². The van der Waals surface area contributed by atoms with Crippen LogP contribution in [0.4, 0.5) is 0 Å². The van der Waals surface area contributed by atoms with E-state index in [1.165, 1.54) is 167 Å². The molecule has 0 fully saturated rings. The van der Waals surface area contributed by atoms with Crippen molar-refractivity contribution in [3.8, 4) is 0 Å². The van der Waals surface area contributed by atoms with Crippen LogP contribution in [0.5, 0.6) is 0 Å². The van der Waals surface area contributed by atoms with E-state index in [0.29, 0.717) is 0 Å². The molecule has 0 heterocycles. The largest absolute Gasteiger partial charge is 1.00 e. The first kappa shape index (κ1) is 43.0. The molecule has 0 aliphatic rings. The van der Waals surface area contributed by atoms with Crippen molar-refractivity contribution in [1.82, 2.24) is 0 Å². The van der Waals surface area contributed by atoms with Gasteiger partial charge < -0.3 is 0 Å². The zero-order valence-electron chi connectivity index (χ0n) is 27.7. The monoisotopic (exact) mass is 597 g/mol. The molecule has 0 aromatic heterocycles. The van der Waals surface area contributed by atoms with E-state index < -0.39 is 10.4 Å². The average Bonchev–Trinajstić information content (AvgIpc) is 2.92. The molecule has 0 amide bonds. The second-order valence-corrected chi connectivity index (χ2v) is 13.2. The Bertz CT molecular complexity index is 514. The van der Waals surface area contributed by atoms with Crippen LogP contribution in [0.1, 0.15) is 206 Å². The van der Waals surface area contributed by atoms with Gasteiger partial charge in [-0.15, -0.1) is 0 Å². The van der Waals surface area contributed by atoms with Gasteiger partial charge in [0.05, 0.1) is 13.2 Å². The van der Waals surface area contributed by atoms with Crippen LogP contribution in [0.3, 0.4) is 0 Å². The molecular formula is C34H70NaO4S+. The standard InChI is InChI=1S/C34H70O4S.Na/c1-3-5-7-9-11-13-15-17-19-21-23-25-27-29-31-33-37-39(35,36)38-34-32-30-28-26-24-22-20-18-16-14-12-10-8-6-4-2;/h3-34H2,1-2H3;/q;+1. The molecular weight excluding hydrogens is 527 g/mol. The number of unbranched alkanes of at least 4 members (excludes halogenated alkanes) is 28. The fourth-order valence-electron chi connectivity index (χ4n) is 5.30. The van der Waals surface area contributed by atoms with E-state index in [1.54, 1.807) is 0 Å². The van der Waals surface area contributed by atoms with Crippen molar-refractivity contribution >= 4 is 10.4 Å². The first-order valence-electron chi connectivity index (χ1n) is 17.7. The molecule has 0 unspecified atom stereocenters. The summed E-state index contributed by atoms with van der Waals surface area (Å²) in [6.07, 6.45) is 38.9. The molecule has 0 saturated heterocycles. The van der Waals surface area contributed by atoms with Crippen molar-refractivity contribution in [2.45, 2.75) is 206 Å². The van der Waals surface area contributed by atoms with Gasteiger partial charge >= 0.3 is 40.0 Å². The first-order chi connectivity index (χ1) is 19.1. The molecule has 0 aromatic carbocycles. The average molecular weight is 598 g/mol. The Labute approximate surface area is 274 Å². The van der Waals surface area contributed by atoms with Gasteiger partial charge in [-0.05, 0) is 12.8 Å². The van der Waals surface area contributed by atoms with Crippen LogP contribution in [-0.4, -0.2) is 21.6 Å². The Hall–Kier alpha value is 0.870. The van der Waals surface area contributed by atoms with Crippen LogP contribution in [0, 0.1) is 0 Å². The quantitative estimate of drug-likeness (QED) is 0.0549. The molecule has 4 nitrogen and oxygen atoms in total. The van der Waals surface area contributed by atoms with Crippen LogP contribution < -0.4 is 29.6 Å². The van der Waals surface area contributed by atoms with Crippen molar-refractivity contribution in [2.24, 2.45) is 0 Å². The Kier molecular flexibility index (Phi) is 38.8. The summed E-state index contributed by atoms with van der Waals surface area (Å²) < 4.78 is 33.8. The van der Waals surface area contributed by atoms with Crippen LogP contribution in [0.2, 0.25) is 0 Å². The normalized spacial score (nSPS) is 11.7. The van der Waals surface area contributed by atoms with Crippen LogP contribution >= 0.6 is 0 Å². The van der Waals surface area contributed by atoms with E-state index >= 15 is 0 Å². The van der Waals surface area contributed by atoms with Gasteiger partial charge in [-0.2, -0.15) is 8.42 Å². The topological polar surface area (TPSA) is 52.6 Å². The van der Waals surface area contributed by atoms with Gasteiger partial charge in [-0.1, -0.05) is 194 Å². The summed E-state index contributed by atoms with van der Waals surface area (Å²) in [5.74, 6) is 0. The van der Waals surface area contributed by atoms with E-state index in [9.17, 15) is 8.42 Å². The smallest absolute Gasteiger partial charge is 0.248 e. The SMILES string of the molecule is CCCCCCCCCCCCCCCCCOS(=O)(=O)OCCCCCCCCCCCCCCCCC.[Na+]. The van der Waals surface area contributed by atoms with Gasteiger partial charge in [0.2, 0.25) is 0 Å². The van der Waals surface area contributed by atoms with Gasteiger partial charge in [0.25, 0.3) is 0 Å². The fraction of sp³-hybridized carbons (Fsp3) is 1.00. The summed E-state index contributed by atoms with van der Waals surface area (Å²) in [6.45, 7) is 5.05. The van der Waals surface area contributed by atoms with Crippen molar-refractivity contribution in [2.75, 3.05) is 13.2 Å². The second kappa shape index (κ2) is 36.1. The van der Waals surface area contributed by atoms with Crippen LogP contribution in [0.25, 0.3) is 0 Å². The molecule has 40 heavy (non-hydrogen) atoms. The van der Waals surface area contributed by atoms with E-state index in [-0.39, 0.29) is 42.8 Å². The molecule has 0 aliphatic heterocycles. The molecule has 0 N–H and O–H groups in total. The Morgan fingerprint density at radius 1 is 0.325 bits per heavy atom. The third-order valence-electron chi connectivity index (χ3n) is 7.95. The Balaban J connectivity index is 0. The predicted molar refractivity (Wildman–Crippen MR) is 171 cm³/mol. The molecule has 6 heteroatoms. The maximum absolute atomic E-state index is 11.9. The van der Waals surface area contributed by atoms with Gasteiger partial charge in [0.1, 0.15) is 0 Å². The molecule has 0 atom stereocenters. The van der Waals surface area contributed by atoms with E-state index in [4.69, 9.17) is 8.37 Å². The van der Waals surface area contributed by atoms with E-state index in [0.717, 1.165) is 25.7 Å². The molecule has 236 valence electrons. The molecule has 0 saturated carbocycles. The second-order valence-electron chi connectivity index (χ2n) is 12.0. The maximum Gasteiger partial charge on any atom is 1.00 e. The summed E-state index contributed by atoms with van der Waals surface area (Å²) >= 11 is 0. The number of hydrogen-bond acceptors (Lipinski definition) is 4. The van der Waals surface area contributed by atoms with Gasteiger partial charge in [-0.3, -0.25) is 0 Å². The van der Waals surface area contributed by atoms with Crippen molar-refractivity contribution in [1.29, 1.82) is 0 Å². The molecule has 0 spiro atoms. The van der Waals surface area contributed by atoms with Gasteiger partial charge in [0, 0.05) is 0 Å². The van der Waals surface area contributed by atoms with Crippen LogP contribution in [0.15, 0.2) is 0 Å². The Morgan fingerprint density at radius 3 is 0.700 bits per heavy atom. The minimum atomic E-state index is -3.82. The summed E-state index contributed by atoms with van der Waals surface area (Å²) in [6, 6.07) is 0. The molecule has 0 rings (SSSR count). The third-order valence-corrected chi connectivity index (χ3v) is 8.86. The van der Waals surface area contributed by atoms with Crippen molar-refractivity contribution in [3.05, 3.63) is 0 Å². The molecule has 0 aromatic rings. The number of hydrogen-bond donors (Lipinski definition) is 0. The predicted octanol–water partition coefficient (Wildman–Crippen LogP) is 9.01. The van der Waals surface area contributed by atoms with E-state index in [1.807, 2.05) is 0 Å². The zero-order valence-corrected chi connectivity index (χ0v) is 30.5. The van der Waals surface area contributed by atoms with Gasteiger partial charge in [-0.25, -0.2) is 8.37 Å². The molecule has 0 radical (unpaired) electrons. The minimum absolute atomic E-state index is 0. The Morgan fingerprint density at radius 2 is 0.500 bits per heavy atom. The zero-order chi connectivity index (χ0) is 28.5. The fourth-order valence-corrected chi connectivity index (χ4v) is 6.01. The van der Waals surface area contributed by atoms with E-state index in [2.05, 4.69) is 13.8 Å². The summed E-state index contributed by atoms with van der Waals surface area (Å²) in [4.78, 5) is 0. The molecule has 0 aliphatic carbocycles. The first-order valence-corrected chi connectivity index (χ1v) is 19.0. The number of rotatable bonds is 34. The van der Waals surface area contributed by atoms with Gasteiger partial charge in [0.15, 0.2) is 0 Å². The molecule has 0 bridgehead atoms. The summed E-state index contributed by atoms with van der Waals surface area (Å²) in [5, 5.41) is 0. The van der Waals surface area contributed by atoms with Crippen molar-refractivity contribution in [3.63, 3.8) is 0 Å². The minimum Gasteiger partial charge on any atom is -0.248 e. The summed E-state index contributed by atoms with van der Waals surface area (Å²) in [7, 11) is -3.82.